The van der Waals surface area contributed by atoms with Gasteiger partial charge in [-0.15, -0.1) is 12.4 Å². The highest BCUT2D eigenvalue weighted by atomic mass is 35.5. The zero-order chi connectivity index (χ0) is 18.5. The first-order valence-electron chi connectivity index (χ1n) is 6.64. The van der Waals surface area contributed by atoms with E-state index in [0.717, 1.165) is 0 Å². The van der Waals surface area contributed by atoms with E-state index in [4.69, 9.17) is 0 Å². The summed E-state index contributed by atoms with van der Waals surface area (Å²) >= 11 is 0. The summed E-state index contributed by atoms with van der Waals surface area (Å²) in [6.45, 7) is 2.48. The number of amides is 1. The third-order valence-electron chi connectivity index (χ3n) is 3.67. The van der Waals surface area contributed by atoms with E-state index in [0.29, 0.717) is 0 Å². The Bertz CT molecular complexity index is 670. The number of rotatable bonds is 1. The molecule has 1 atom stereocenters. The molecule has 1 aromatic rings. The molecule has 2 rings (SSSR count). The summed E-state index contributed by atoms with van der Waals surface area (Å²) in [6.07, 6.45) is -11.5. The van der Waals surface area contributed by atoms with Gasteiger partial charge in [-0.3, -0.25) is 0 Å². The van der Waals surface area contributed by atoms with Gasteiger partial charge in [0.15, 0.2) is 0 Å². The predicted molar refractivity (Wildman–Crippen MR) is 74.7 cm³/mol. The molecule has 0 aliphatic carbocycles. The zero-order valence-corrected chi connectivity index (χ0v) is 13.6. The standard InChI is InChI=1S/C14H12F7NO2.ClH/c1-12(2)5-24-11(23)22-10(12)9-7(14(19,20)21)3-6(4-8(9)15)13(16,17)18;/h3-4,10H,5H2,1-2H3,(H,22,23);1H/t10-;/m0./s1. The van der Waals surface area contributed by atoms with Gasteiger partial charge in [-0.1, -0.05) is 13.8 Å². The van der Waals surface area contributed by atoms with E-state index in [-0.39, 0.29) is 31.1 Å². The van der Waals surface area contributed by atoms with Crippen molar-refractivity contribution in [2.75, 3.05) is 6.61 Å². The fourth-order valence-corrected chi connectivity index (χ4v) is 2.46. The molecule has 1 aliphatic heterocycles. The Morgan fingerprint density at radius 2 is 1.68 bits per heavy atom. The molecule has 1 aliphatic rings. The maximum atomic E-state index is 14.2. The summed E-state index contributed by atoms with van der Waals surface area (Å²) in [7, 11) is 0. The first kappa shape index (κ1) is 21.3. The summed E-state index contributed by atoms with van der Waals surface area (Å²) in [5.41, 5.74) is -5.76. The summed E-state index contributed by atoms with van der Waals surface area (Å²) in [5, 5.41) is 2.05. The minimum atomic E-state index is -5.24. The Hall–Kier alpha value is -1.71. The highest BCUT2D eigenvalue weighted by Gasteiger charge is 2.46. The van der Waals surface area contributed by atoms with E-state index in [1.807, 2.05) is 0 Å². The Kier molecular flexibility index (Phi) is 5.58. The molecule has 1 amide bonds. The van der Waals surface area contributed by atoms with Crippen molar-refractivity contribution in [2.24, 2.45) is 5.41 Å². The van der Waals surface area contributed by atoms with E-state index in [1.165, 1.54) is 13.8 Å². The lowest BCUT2D eigenvalue weighted by atomic mass is 9.78. The first-order valence-corrected chi connectivity index (χ1v) is 6.64. The number of carbonyl (C=O) groups is 1. The highest BCUT2D eigenvalue weighted by molar-refractivity contribution is 5.85. The van der Waals surface area contributed by atoms with Crippen LogP contribution in [0.4, 0.5) is 35.5 Å². The summed E-state index contributed by atoms with van der Waals surface area (Å²) in [6, 6.07) is -1.67. The van der Waals surface area contributed by atoms with Crippen LogP contribution < -0.4 is 5.32 Å². The molecule has 0 saturated carbocycles. The Labute approximate surface area is 143 Å². The van der Waals surface area contributed by atoms with Crippen LogP contribution in [0.1, 0.15) is 36.6 Å². The maximum Gasteiger partial charge on any atom is 0.416 e. The van der Waals surface area contributed by atoms with E-state index in [1.54, 1.807) is 0 Å². The van der Waals surface area contributed by atoms with Crippen molar-refractivity contribution in [3.63, 3.8) is 0 Å². The molecule has 1 heterocycles. The first-order chi connectivity index (χ1) is 10.7. The fourth-order valence-electron chi connectivity index (χ4n) is 2.46. The van der Waals surface area contributed by atoms with Gasteiger partial charge in [-0.2, -0.15) is 26.3 Å². The second-order valence-corrected chi connectivity index (χ2v) is 6.06. The average Bonchev–Trinajstić information content (AvgIpc) is 2.39. The van der Waals surface area contributed by atoms with Crippen LogP contribution in [0.5, 0.6) is 0 Å². The second-order valence-electron chi connectivity index (χ2n) is 6.06. The van der Waals surface area contributed by atoms with Gasteiger partial charge in [-0.25, -0.2) is 9.18 Å². The van der Waals surface area contributed by atoms with E-state index in [2.05, 4.69) is 10.1 Å². The van der Waals surface area contributed by atoms with Crippen molar-refractivity contribution in [1.82, 2.24) is 5.32 Å². The number of benzene rings is 1. The van der Waals surface area contributed by atoms with Crippen LogP contribution in [0.25, 0.3) is 0 Å². The topological polar surface area (TPSA) is 38.3 Å². The van der Waals surface area contributed by atoms with Gasteiger partial charge in [0.2, 0.25) is 0 Å². The molecule has 1 saturated heterocycles. The molecule has 11 heteroatoms. The maximum absolute atomic E-state index is 14.2. The van der Waals surface area contributed by atoms with Gasteiger partial charge in [0.25, 0.3) is 0 Å². The Morgan fingerprint density at radius 3 is 2.16 bits per heavy atom. The minimum Gasteiger partial charge on any atom is -0.449 e. The largest absolute Gasteiger partial charge is 0.449 e. The van der Waals surface area contributed by atoms with Gasteiger partial charge >= 0.3 is 18.4 Å². The number of nitrogens with one attached hydrogen (secondary N) is 1. The number of halogens is 8. The van der Waals surface area contributed by atoms with Gasteiger partial charge in [0.1, 0.15) is 12.4 Å². The third-order valence-corrected chi connectivity index (χ3v) is 3.67. The molecule has 142 valence electrons. The fraction of sp³-hybridized carbons (Fsp3) is 0.500. The second kappa shape index (κ2) is 6.54. The monoisotopic (exact) mass is 395 g/mol. The van der Waals surface area contributed by atoms with Crippen LogP contribution in [0.15, 0.2) is 12.1 Å². The summed E-state index contributed by atoms with van der Waals surface area (Å²) < 4.78 is 96.7. The molecular weight excluding hydrogens is 383 g/mol. The van der Waals surface area contributed by atoms with Gasteiger partial charge in [-0.05, 0) is 12.1 Å². The van der Waals surface area contributed by atoms with Crippen molar-refractivity contribution in [3.8, 4) is 0 Å². The smallest absolute Gasteiger partial charge is 0.416 e. The quantitative estimate of drug-likeness (QED) is 0.672. The van der Waals surface area contributed by atoms with Crippen LogP contribution >= 0.6 is 12.4 Å². The Balaban J connectivity index is 0.00000312. The normalized spacial score (nSPS) is 20.4. The van der Waals surface area contributed by atoms with Crippen molar-refractivity contribution < 1.29 is 40.3 Å². The molecule has 25 heavy (non-hydrogen) atoms. The lowest BCUT2D eigenvalue weighted by molar-refractivity contribution is -0.144. The Morgan fingerprint density at radius 1 is 1.12 bits per heavy atom. The van der Waals surface area contributed by atoms with Crippen molar-refractivity contribution in [1.29, 1.82) is 0 Å². The molecule has 3 nitrogen and oxygen atoms in total. The lowest BCUT2D eigenvalue weighted by Gasteiger charge is -2.39. The number of hydrogen-bond donors (Lipinski definition) is 1. The predicted octanol–water partition coefficient (Wildman–Crippen LogP) is 5.09. The molecule has 0 bridgehead atoms. The molecule has 0 aromatic heterocycles. The number of carbonyl (C=O) groups excluding carboxylic acids is 1. The van der Waals surface area contributed by atoms with Crippen LogP contribution in [0.2, 0.25) is 0 Å². The van der Waals surface area contributed by atoms with E-state index >= 15 is 0 Å². The highest BCUT2D eigenvalue weighted by Crippen LogP contribution is 2.45. The van der Waals surface area contributed by atoms with Crippen LogP contribution in [-0.2, 0) is 17.1 Å². The molecule has 1 aromatic carbocycles. The number of alkyl carbamates (subject to hydrolysis) is 1. The molecule has 0 radical (unpaired) electrons. The average molecular weight is 396 g/mol. The summed E-state index contributed by atoms with van der Waals surface area (Å²) in [5.74, 6) is -1.70. The lowest BCUT2D eigenvalue weighted by Crippen LogP contribution is -2.48. The molecule has 1 N–H and O–H groups in total. The van der Waals surface area contributed by atoms with Crippen LogP contribution in [-0.4, -0.2) is 12.7 Å². The summed E-state index contributed by atoms with van der Waals surface area (Å²) in [4.78, 5) is 11.3. The number of ether oxygens (including phenoxy) is 1. The van der Waals surface area contributed by atoms with Gasteiger partial charge < -0.3 is 10.1 Å². The van der Waals surface area contributed by atoms with Crippen molar-refractivity contribution in [2.45, 2.75) is 32.2 Å². The minimum absolute atomic E-state index is 0. The van der Waals surface area contributed by atoms with Crippen LogP contribution in [0.3, 0.4) is 0 Å². The molecule has 0 spiro atoms. The number of hydrogen-bond acceptors (Lipinski definition) is 2. The van der Waals surface area contributed by atoms with E-state index < -0.39 is 52.4 Å². The number of cyclic esters (lactones) is 1. The van der Waals surface area contributed by atoms with E-state index in [9.17, 15) is 35.5 Å². The molecular formula is C14H13ClF7NO2. The molecule has 0 unspecified atom stereocenters. The number of alkyl halides is 6. The van der Waals surface area contributed by atoms with Gasteiger partial charge in [0, 0.05) is 11.0 Å². The van der Waals surface area contributed by atoms with Crippen LogP contribution in [0, 0.1) is 11.2 Å². The van der Waals surface area contributed by atoms with Crippen molar-refractivity contribution in [3.05, 3.63) is 34.6 Å². The van der Waals surface area contributed by atoms with Crippen molar-refractivity contribution >= 4 is 18.5 Å². The molecule has 1 fully saturated rings. The third kappa shape index (κ3) is 4.28. The van der Waals surface area contributed by atoms with Gasteiger partial charge in [0.05, 0.1) is 17.2 Å². The zero-order valence-electron chi connectivity index (χ0n) is 12.8. The SMILES string of the molecule is CC1(C)COC(=O)N[C@H]1c1c(F)cc(C(F)(F)F)cc1C(F)(F)F.Cl.